The smallest absolute Gasteiger partial charge is 0.253 e. The molecule has 2 aromatic rings. The zero-order valence-corrected chi connectivity index (χ0v) is 17.0. The van der Waals surface area contributed by atoms with Crippen molar-refractivity contribution in [3.8, 4) is 5.69 Å². The van der Waals surface area contributed by atoms with Gasteiger partial charge in [-0.1, -0.05) is 0 Å². The van der Waals surface area contributed by atoms with E-state index in [1.807, 2.05) is 44.8 Å². The van der Waals surface area contributed by atoms with E-state index in [2.05, 4.69) is 16.8 Å². The monoisotopic (exact) mass is 395 g/mol. The molecule has 154 valence electrons. The summed E-state index contributed by atoms with van der Waals surface area (Å²) in [6.07, 6.45) is 8.78. The number of carbonyl (C=O) groups is 2. The molecule has 0 aliphatic carbocycles. The van der Waals surface area contributed by atoms with Crippen molar-refractivity contribution in [1.29, 1.82) is 0 Å². The normalized spacial score (nSPS) is 20.7. The molecule has 2 fully saturated rings. The second-order valence-electron chi connectivity index (χ2n) is 8.02. The van der Waals surface area contributed by atoms with Gasteiger partial charge in [-0.3, -0.25) is 14.5 Å². The zero-order chi connectivity index (χ0) is 20.2. The summed E-state index contributed by atoms with van der Waals surface area (Å²) in [7, 11) is 0. The van der Waals surface area contributed by atoms with Crippen LogP contribution in [0.3, 0.4) is 0 Å². The van der Waals surface area contributed by atoms with Crippen LogP contribution in [-0.4, -0.2) is 81.4 Å². The summed E-state index contributed by atoms with van der Waals surface area (Å²) in [5.41, 5.74) is 1.68. The molecular formula is C22H29N5O2. The van der Waals surface area contributed by atoms with Crippen LogP contribution in [0.4, 0.5) is 0 Å². The van der Waals surface area contributed by atoms with Crippen LogP contribution in [0.1, 0.15) is 36.5 Å². The molecular weight excluding hydrogens is 366 g/mol. The Morgan fingerprint density at radius 2 is 1.79 bits per heavy atom. The Hall–Kier alpha value is -2.67. The van der Waals surface area contributed by atoms with Crippen LogP contribution in [0.5, 0.6) is 0 Å². The van der Waals surface area contributed by atoms with Gasteiger partial charge < -0.3 is 14.4 Å². The maximum Gasteiger partial charge on any atom is 0.253 e. The summed E-state index contributed by atoms with van der Waals surface area (Å²) in [6, 6.07) is 7.95. The van der Waals surface area contributed by atoms with Gasteiger partial charge in [-0.05, 0) is 50.5 Å². The lowest BCUT2D eigenvalue weighted by Gasteiger charge is -2.38. The first-order valence-corrected chi connectivity index (χ1v) is 10.5. The molecule has 1 aromatic carbocycles. The lowest BCUT2D eigenvalue weighted by molar-refractivity contribution is -0.136. The van der Waals surface area contributed by atoms with Gasteiger partial charge in [0.25, 0.3) is 5.91 Å². The number of aromatic nitrogens is 2. The number of carbonyl (C=O) groups excluding carboxylic acids is 2. The average Bonchev–Trinajstić information content (AvgIpc) is 3.29. The van der Waals surface area contributed by atoms with E-state index in [1.165, 1.54) is 6.42 Å². The largest absolute Gasteiger partial charge is 0.339 e. The summed E-state index contributed by atoms with van der Waals surface area (Å²) in [5.74, 6) is 0.282. The van der Waals surface area contributed by atoms with Gasteiger partial charge >= 0.3 is 0 Å². The second kappa shape index (κ2) is 8.78. The summed E-state index contributed by atoms with van der Waals surface area (Å²) in [5, 5.41) is 0. The number of benzene rings is 1. The fraction of sp³-hybridized carbons (Fsp3) is 0.500. The minimum Gasteiger partial charge on any atom is -0.339 e. The molecule has 7 heteroatoms. The van der Waals surface area contributed by atoms with Crippen molar-refractivity contribution < 1.29 is 9.59 Å². The van der Waals surface area contributed by atoms with Crippen molar-refractivity contribution in [2.75, 3.05) is 39.3 Å². The average molecular weight is 396 g/mol. The van der Waals surface area contributed by atoms with Crippen molar-refractivity contribution in [3.05, 3.63) is 48.5 Å². The molecule has 29 heavy (non-hydrogen) atoms. The third kappa shape index (κ3) is 4.50. The highest BCUT2D eigenvalue weighted by Gasteiger charge is 2.27. The molecule has 1 aromatic heterocycles. The molecule has 0 N–H and O–H groups in total. The van der Waals surface area contributed by atoms with Gasteiger partial charge in [0.15, 0.2) is 0 Å². The fourth-order valence-electron chi connectivity index (χ4n) is 4.23. The van der Waals surface area contributed by atoms with Crippen LogP contribution >= 0.6 is 0 Å². The Bertz CT molecular complexity index is 825. The maximum absolute atomic E-state index is 12.8. The van der Waals surface area contributed by atoms with E-state index in [9.17, 15) is 9.59 Å². The number of imidazole rings is 1. The van der Waals surface area contributed by atoms with Crippen LogP contribution in [0.2, 0.25) is 0 Å². The van der Waals surface area contributed by atoms with Crippen LogP contribution in [-0.2, 0) is 4.79 Å². The van der Waals surface area contributed by atoms with Crippen LogP contribution in [0.15, 0.2) is 43.0 Å². The SMILES string of the molecule is CC1CCCCN1C(=O)CN1CCN(C(=O)c2ccc(-n3ccnc3)cc2)CC1. The van der Waals surface area contributed by atoms with E-state index in [0.29, 0.717) is 31.2 Å². The molecule has 0 saturated carbocycles. The quantitative estimate of drug-likeness (QED) is 0.795. The Morgan fingerprint density at radius 3 is 2.45 bits per heavy atom. The molecule has 0 radical (unpaired) electrons. The first-order valence-electron chi connectivity index (χ1n) is 10.5. The number of nitrogens with zero attached hydrogens (tertiary/aromatic N) is 5. The van der Waals surface area contributed by atoms with Gasteiger partial charge in [-0.2, -0.15) is 0 Å². The summed E-state index contributed by atoms with van der Waals surface area (Å²) in [4.78, 5) is 35.6. The predicted octanol–water partition coefficient (Wildman–Crippen LogP) is 2.03. The minimum absolute atomic E-state index is 0.0535. The number of hydrogen-bond acceptors (Lipinski definition) is 4. The summed E-state index contributed by atoms with van der Waals surface area (Å²) >= 11 is 0. The van der Waals surface area contributed by atoms with Crippen LogP contribution < -0.4 is 0 Å². The van der Waals surface area contributed by atoms with E-state index >= 15 is 0 Å². The number of hydrogen-bond donors (Lipinski definition) is 0. The van der Waals surface area contributed by atoms with Gasteiger partial charge in [0.2, 0.25) is 5.91 Å². The van der Waals surface area contributed by atoms with Crippen molar-refractivity contribution in [2.24, 2.45) is 0 Å². The molecule has 7 nitrogen and oxygen atoms in total. The number of piperidine rings is 1. The van der Waals surface area contributed by atoms with Gasteiger partial charge in [-0.25, -0.2) is 4.98 Å². The number of piperazine rings is 1. The fourth-order valence-corrected chi connectivity index (χ4v) is 4.23. The molecule has 2 aliphatic heterocycles. The van der Waals surface area contributed by atoms with Crippen LogP contribution in [0.25, 0.3) is 5.69 Å². The van der Waals surface area contributed by atoms with Gasteiger partial charge in [0, 0.05) is 62.4 Å². The third-order valence-corrected chi connectivity index (χ3v) is 6.06. The lowest BCUT2D eigenvalue weighted by atomic mass is 10.0. The molecule has 4 rings (SSSR count). The third-order valence-electron chi connectivity index (χ3n) is 6.06. The highest BCUT2D eigenvalue weighted by atomic mass is 16.2. The highest BCUT2D eigenvalue weighted by molar-refractivity contribution is 5.94. The first-order chi connectivity index (χ1) is 14.1. The van der Waals surface area contributed by atoms with Gasteiger partial charge in [0.05, 0.1) is 12.9 Å². The molecule has 3 heterocycles. The van der Waals surface area contributed by atoms with Crippen molar-refractivity contribution in [2.45, 2.75) is 32.2 Å². The Kier molecular flexibility index (Phi) is 5.94. The topological polar surface area (TPSA) is 61.7 Å². The maximum atomic E-state index is 12.8. The highest BCUT2D eigenvalue weighted by Crippen LogP contribution is 2.17. The Morgan fingerprint density at radius 1 is 1.03 bits per heavy atom. The van der Waals surface area contributed by atoms with Gasteiger partial charge in [0.1, 0.15) is 0 Å². The Balaban J connectivity index is 1.29. The number of likely N-dealkylation sites (tertiary alicyclic amines) is 1. The molecule has 1 atom stereocenters. The molecule has 2 amide bonds. The van der Waals surface area contributed by atoms with Crippen molar-refractivity contribution in [3.63, 3.8) is 0 Å². The zero-order valence-electron chi connectivity index (χ0n) is 17.0. The molecule has 0 bridgehead atoms. The standard InChI is InChI=1S/C22H29N5O2/c1-18-4-2-3-10-27(18)21(28)16-24-12-14-25(15-13-24)22(29)19-5-7-20(8-6-19)26-11-9-23-17-26/h5-9,11,17-18H,2-4,10,12-16H2,1H3. The molecule has 2 aliphatic rings. The molecule has 1 unspecified atom stereocenters. The van der Waals surface area contributed by atoms with E-state index in [0.717, 1.165) is 38.2 Å². The van der Waals surface area contributed by atoms with E-state index < -0.39 is 0 Å². The van der Waals surface area contributed by atoms with Gasteiger partial charge in [-0.15, -0.1) is 0 Å². The summed E-state index contributed by atoms with van der Waals surface area (Å²) < 4.78 is 1.91. The van der Waals surface area contributed by atoms with E-state index in [-0.39, 0.29) is 11.8 Å². The minimum atomic E-state index is 0.0535. The molecule has 0 spiro atoms. The Labute approximate surface area is 171 Å². The first kappa shape index (κ1) is 19.6. The van der Waals surface area contributed by atoms with E-state index in [1.54, 1.807) is 12.5 Å². The number of amides is 2. The van der Waals surface area contributed by atoms with Crippen molar-refractivity contribution in [1.82, 2.24) is 24.3 Å². The molecule has 2 saturated heterocycles. The van der Waals surface area contributed by atoms with E-state index in [4.69, 9.17) is 0 Å². The predicted molar refractivity (Wildman–Crippen MR) is 111 cm³/mol. The second-order valence-corrected chi connectivity index (χ2v) is 8.02. The summed E-state index contributed by atoms with van der Waals surface area (Å²) in [6.45, 7) is 6.29. The van der Waals surface area contributed by atoms with Crippen LogP contribution in [0, 0.1) is 0 Å². The van der Waals surface area contributed by atoms with Crippen molar-refractivity contribution >= 4 is 11.8 Å². The number of rotatable bonds is 4. The lowest BCUT2D eigenvalue weighted by Crippen LogP contribution is -2.53.